The second-order valence-electron chi connectivity index (χ2n) is 4.17. The normalized spacial score (nSPS) is 11.8. The van der Waals surface area contributed by atoms with Crippen molar-refractivity contribution >= 4 is 22.4 Å². The number of ether oxygens (including phenoxy) is 1. The van der Waals surface area contributed by atoms with Gasteiger partial charge in [0.1, 0.15) is 5.75 Å². The van der Waals surface area contributed by atoms with E-state index in [2.05, 4.69) is 4.98 Å². The Kier molecular flexibility index (Phi) is 3.10. The number of aromatic amines is 1. The van der Waals surface area contributed by atoms with Gasteiger partial charge in [-0.3, -0.25) is 0 Å². The minimum absolute atomic E-state index is 0.722. The molecule has 0 spiro atoms. The first-order chi connectivity index (χ1) is 8.54. The van der Waals surface area contributed by atoms with Crippen molar-refractivity contribution in [2.24, 2.45) is 0 Å². The van der Waals surface area contributed by atoms with Crippen molar-refractivity contribution in [3.63, 3.8) is 0 Å². The van der Waals surface area contributed by atoms with Crippen molar-refractivity contribution in [2.75, 3.05) is 7.11 Å². The third-order valence-electron chi connectivity index (χ3n) is 2.94. The molecule has 0 radical (unpaired) electrons. The van der Waals surface area contributed by atoms with Crippen molar-refractivity contribution in [2.45, 2.75) is 13.8 Å². The van der Waals surface area contributed by atoms with Crippen molar-refractivity contribution in [1.29, 1.82) is 0 Å². The predicted molar refractivity (Wildman–Crippen MR) is 70.9 cm³/mol. The van der Waals surface area contributed by atoms with Gasteiger partial charge in [-0.05, 0) is 25.5 Å². The van der Waals surface area contributed by atoms with Gasteiger partial charge < -0.3 is 14.8 Å². The summed E-state index contributed by atoms with van der Waals surface area (Å²) >= 11 is 0. The van der Waals surface area contributed by atoms with Crippen LogP contribution in [0.3, 0.4) is 0 Å². The van der Waals surface area contributed by atoms with E-state index in [1.165, 1.54) is 6.08 Å². The number of hydrogen-bond donors (Lipinski definition) is 2. The SMILES string of the molecule is COc1cccc2c(/C(C)=C/C(=O)O)c(C)[nH]c12. The number of nitrogens with one attached hydrogen (secondary N) is 1. The van der Waals surface area contributed by atoms with Gasteiger partial charge in [0.05, 0.1) is 12.6 Å². The van der Waals surface area contributed by atoms with Crippen LogP contribution in [-0.4, -0.2) is 23.2 Å². The van der Waals surface area contributed by atoms with Crippen LogP contribution in [0.2, 0.25) is 0 Å². The number of carbonyl (C=O) groups is 1. The summed E-state index contributed by atoms with van der Waals surface area (Å²) in [6.45, 7) is 3.72. The van der Waals surface area contributed by atoms with Crippen LogP contribution in [0.4, 0.5) is 0 Å². The number of benzene rings is 1. The second-order valence-corrected chi connectivity index (χ2v) is 4.17. The van der Waals surface area contributed by atoms with Crippen LogP contribution in [0.15, 0.2) is 24.3 Å². The largest absolute Gasteiger partial charge is 0.495 e. The quantitative estimate of drug-likeness (QED) is 0.817. The van der Waals surface area contributed by atoms with Gasteiger partial charge in [0.2, 0.25) is 0 Å². The molecule has 1 heterocycles. The van der Waals surface area contributed by atoms with E-state index in [0.29, 0.717) is 0 Å². The highest BCUT2D eigenvalue weighted by atomic mass is 16.5. The molecule has 4 nitrogen and oxygen atoms in total. The molecule has 1 aromatic heterocycles. The maximum absolute atomic E-state index is 10.8. The monoisotopic (exact) mass is 245 g/mol. The van der Waals surface area contributed by atoms with Gasteiger partial charge in [0.15, 0.2) is 0 Å². The molecule has 0 aliphatic rings. The Labute approximate surface area is 105 Å². The third-order valence-corrected chi connectivity index (χ3v) is 2.94. The van der Waals surface area contributed by atoms with Crippen molar-refractivity contribution < 1.29 is 14.6 Å². The standard InChI is InChI=1S/C14H15NO3/c1-8(7-12(16)17)13-9(2)15-14-10(13)5-4-6-11(14)18-3/h4-7,15H,1-3H3,(H,16,17)/b8-7+. The maximum Gasteiger partial charge on any atom is 0.328 e. The highest BCUT2D eigenvalue weighted by Gasteiger charge is 2.13. The molecule has 2 aromatic rings. The lowest BCUT2D eigenvalue weighted by atomic mass is 10.0. The summed E-state index contributed by atoms with van der Waals surface area (Å²) in [5.74, 6) is -0.186. The summed E-state index contributed by atoms with van der Waals surface area (Å²) in [5, 5.41) is 9.81. The molecule has 18 heavy (non-hydrogen) atoms. The summed E-state index contributed by atoms with van der Waals surface area (Å²) in [7, 11) is 1.62. The van der Waals surface area contributed by atoms with Gasteiger partial charge in [-0.1, -0.05) is 12.1 Å². The van der Waals surface area contributed by atoms with E-state index in [1.807, 2.05) is 25.1 Å². The van der Waals surface area contributed by atoms with Gasteiger partial charge in [-0.25, -0.2) is 4.79 Å². The number of aryl methyl sites for hydroxylation is 1. The number of carboxylic acids is 1. The lowest BCUT2D eigenvalue weighted by Crippen LogP contribution is -1.90. The fourth-order valence-corrected chi connectivity index (χ4v) is 2.26. The van der Waals surface area contributed by atoms with E-state index in [1.54, 1.807) is 14.0 Å². The fourth-order valence-electron chi connectivity index (χ4n) is 2.26. The van der Waals surface area contributed by atoms with Crippen LogP contribution < -0.4 is 4.74 Å². The molecule has 0 aliphatic heterocycles. The Morgan fingerprint density at radius 2 is 2.17 bits per heavy atom. The van der Waals surface area contributed by atoms with Gasteiger partial charge in [0.25, 0.3) is 0 Å². The first-order valence-electron chi connectivity index (χ1n) is 5.61. The van der Waals surface area contributed by atoms with Crippen LogP contribution in [0.1, 0.15) is 18.2 Å². The van der Waals surface area contributed by atoms with Crippen molar-refractivity contribution in [1.82, 2.24) is 4.98 Å². The number of aliphatic carboxylic acids is 1. The molecule has 4 heteroatoms. The van der Waals surface area contributed by atoms with Gasteiger partial charge in [0, 0.05) is 22.7 Å². The number of hydrogen-bond acceptors (Lipinski definition) is 2. The van der Waals surface area contributed by atoms with Gasteiger partial charge >= 0.3 is 5.97 Å². The second kappa shape index (κ2) is 4.56. The minimum atomic E-state index is -0.941. The molecule has 0 atom stereocenters. The molecule has 0 aliphatic carbocycles. The Balaban J connectivity index is 2.72. The Morgan fingerprint density at radius 1 is 1.44 bits per heavy atom. The molecule has 0 saturated heterocycles. The molecule has 2 rings (SSSR count). The van der Waals surface area contributed by atoms with E-state index in [-0.39, 0.29) is 0 Å². The number of allylic oxidation sites excluding steroid dienone is 1. The number of para-hydroxylation sites is 1. The van der Waals surface area contributed by atoms with Crippen LogP contribution in [0, 0.1) is 6.92 Å². The molecule has 2 N–H and O–H groups in total. The summed E-state index contributed by atoms with van der Waals surface area (Å²) < 4.78 is 5.29. The highest BCUT2D eigenvalue weighted by Crippen LogP contribution is 2.33. The third kappa shape index (κ3) is 1.97. The number of rotatable bonds is 3. The van der Waals surface area contributed by atoms with E-state index >= 15 is 0 Å². The van der Waals surface area contributed by atoms with Crippen molar-refractivity contribution in [3.8, 4) is 5.75 Å². The number of fused-ring (bicyclic) bond motifs is 1. The van der Waals surface area contributed by atoms with E-state index in [4.69, 9.17) is 9.84 Å². The van der Waals surface area contributed by atoms with E-state index in [9.17, 15) is 4.79 Å². The lowest BCUT2D eigenvalue weighted by molar-refractivity contribution is -0.131. The fraction of sp³-hybridized carbons (Fsp3) is 0.214. The Morgan fingerprint density at radius 3 is 2.78 bits per heavy atom. The zero-order chi connectivity index (χ0) is 13.3. The summed E-state index contributed by atoms with van der Waals surface area (Å²) in [6.07, 6.45) is 1.22. The van der Waals surface area contributed by atoms with Crippen molar-refractivity contribution in [3.05, 3.63) is 35.5 Å². The molecule has 94 valence electrons. The topological polar surface area (TPSA) is 62.3 Å². The molecule has 0 bridgehead atoms. The zero-order valence-corrected chi connectivity index (χ0v) is 10.6. The molecule has 1 aromatic carbocycles. The Bertz CT molecular complexity index is 638. The summed E-state index contributed by atoms with van der Waals surface area (Å²) in [4.78, 5) is 14.0. The Hall–Kier alpha value is -2.23. The average Bonchev–Trinajstić information content (AvgIpc) is 2.63. The molecule has 0 saturated carbocycles. The number of aromatic nitrogens is 1. The van der Waals surface area contributed by atoms with E-state index in [0.717, 1.165) is 33.5 Å². The number of methoxy groups -OCH3 is 1. The molecule has 0 unspecified atom stereocenters. The smallest absolute Gasteiger partial charge is 0.328 e. The summed E-state index contributed by atoms with van der Waals surface area (Å²) in [6, 6.07) is 5.72. The molecule has 0 amide bonds. The predicted octanol–water partition coefficient (Wildman–Crippen LogP) is 2.97. The first kappa shape index (κ1) is 12.2. The van der Waals surface area contributed by atoms with Crippen LogP contribution in [0.5, 0.6) is 5.75 Å². The molecule has 0 fully saturated rings. The number of carboxylic acid groups (broad SMARTS) is 1. The van der Waals surface area contributed by atoms with Gasteiger partial charge in [-0.2, -0.15) is 0 Å². The first-order valence-corrected chi connectivity index (χ1v) is 5.61. The van der Waals surface area contributed by atoms with Crippen LogP contribution in [-0.2, 0) is 4.79 Å². The zero-order valence-electron chi connectivity index (χ0n) is 10.6. The minimum Gasteiger partial charge on any atom is -0.495 e. The average molecular weight is 245 g/mol. The highest BCUT2D eigenvalue weighted by molar-refractivity contribution is 6.00. The summed E-state index contributed by atoms with van der Waals surface area (Å²) in [5.41, 5.74) is 3.47. The van der Waals surface area contributed by atoms with E-state index < -0.39 is 5.97 Å². The van der Waals surface area contributed by atoms with Crippen LogP contribution >= 0.6 is 0 Å². The maximum atomic E-state index is 10.8. The number of H-pyrrole nitrogens is 1. The van der Waals surface area contributed by atoms with Crippen LogP contribution in [0.25, 0.3) is 16.5 Å². The lowest BCUT2D eigenvalue weighted by Gasteiger charge is -2.02. The van der Waals surface area contributed by atoms with Gasteiger partial charge in [-0.15, -0.1) is 0 Å². The molecular formula is C14H15NO3. The molecular weight excluding hydrogens is 230 g/mol.